The number of hydrogen-bond donors (Lipinski definition) is 1. The quantitative estimate of drug-likeness (QED) is 0.654. The Labute approximate surface area is 105 Å². The molecular weight excluding hydrogens is 247 g/mol. The third-order valence-electron chi connectivity index (χ3n) is 2.05. The summed E-state index contributed by atoms with van der Waals surface area (Å²) in [5.74, 6) is -0.195. The summed E-state index contributed by atoms with van der Waals surface area (Å²) in [6, 6.07) is 6.67. The number of amides is 1. The molecule has 0 fully saturated rings. The van der Waals surface area contributed by atoms with Crippen molar-refractivity contribution < 1.29 is 4.79 Å². The predicted molar refractivity (Wildman–Crippen MR) is 66.4 cm³/mol. The minimum atomic E-state index is -0.404. The molecule has 0 atom stereocenters. The van der Waals surface area contributed by atoms with Crippen LogP contribution in [0.25, 0.3) is 0 Å². The zero-order chi connectivity index (χ0) is 12.3. The summed E-state index contributed by atoms with van der Waals surface area (Å²) in [5, 5.41) is 1.95. The lowest BCUT2D eigenvalue weighted by atomic mass is 10.1. The van der Waals surface area contributed by atoms with E-state index >= 15 is 0 Å². The van der Waals surface area contributed by atoms with E-state index in [9.17, 15) is 4.79 Å². The average Bonchev–Trinajstić information content (AvgIpc) is 2.17. The van der Waals surface area contributed by atoms with Gasteiger partial charge in [0.25, 0.3) is 5.91 Å². The van der Waals surface area contributed by atoms with Crippen molar-refractivity contribution in [1.82, 2.24) is 9.95 Å². The van der Waals surface area contributed by atoms with Gasteiger partial charge < -0.3 is 0 Å². The van der Waals surface area contributed by atoms with Gasteiger partial charge in [-0.1, -0.05) is 11.6 Å². The molecule has 0 aliphatic heterocycles. The second-order valence-corrected chi connectivity index (χ2v) is 5.01. The maximum absolute atomic E-state index is 12.1. The smallest absolute Gasteiger partial charge is 0.268 e. The standard InChI is InChI=1S/C11H14Cl2N2O/c1-11(2,3)15(14-13)10(16)8-4-6-9(12)7-5-8/h4-7,14H,1-3H3. The largest absolute Gasteiger partial charge is 0.269 e. The second-order valence-electron chi connectivity index (χ2n) is 4.40. The molecule has 1 amide bonds. The fraction of sp³-hybridized carbons (Fsp3) is 0.364. The molecule has 1 aromatic rings. The number of carbonyl (C=O) groups excluding carboxylic acids is 1. The van der Waals surface area contributed by atoms with Crippen LogP contribution >= 0.6 is 23.4 Å². The lowest BCUT2D eigenvalue weighted by molar-refractivity contribution is 0.0516. The minimum Gasteiger partial charge on any atom is -0.268 e. The topological polar surface area (TPSA) is 32.3 Å². The van der Waals surface area contributed by atoms with Gasteiger partial charge in [-0.15, -0.1) is 4.94 Å². The summed E-state index contributed by atoms with van der Waals surface area (Å²) >= 11 is 11.3. The summed E-state index contributed by atoms with van der Waals surface area (Å²) < 4.78 is 0. The SMILES string of the molecule is CC(C)(C)N(NCl)C(=O)c1ccc(Cl)cc1. The molecule has 0 radical (unpaired) electrons. The van der Waals surface area contributed by atoms with Crippen LogP contribution in [0.3, 0.4) is 0 Å². The molecule has 1 rings (SSSR count). The summed E-state index contributed by atoms with van der Waals surface area (Å²) in [4.78, 5) is 14.4. The van der Waals surface area contributed by atoms with Crippen molar-refractivity contribution in [1.29, 1.82) is 0 Å². The first kappa shape index (κ1) is 13.3. The van der Waals surface area contributed by atoms with Gasteiger partial charge in [-0.05, 0) is 56.8 Å². The van der Waals surface area contributed by atoms with Crippen LogP contribution in [0.15, 0.2) is 24.3 Å². The van der Waals surface area contributed by atoms with Crippen molar-refractivity contribution in [3.63, 3.8) is 0 Å². The van der Waals surface area contributed by atoms with E-state index < -0.39 is 5.54 Å². The van der Waals surface area contributed by atoms with E-state index in [2.05, 4.69) is 4.94 Å². The lowest BCUT2D eigenvalue weighted by Gasteiger charge is -2.33. The highest BCUT2D eigenvalue weighted by Crippen LogP contribution is 2.17. The van der Waals surface area contributed by atoms with Crippen molar-refractivity contribution in [2.45, 2.75) is 26.3 Å². The van der Waals surface area contributed by atoms with Crippen LogP contribution in [0.2, 0.25) is 5.02 Å². The van der Waals surface area contributed by atoms with E-state index in [-0.39, 0.29) is 5.91 Å². The molecule has 0 aromatic heterocycles. The van der Waals surface area contributed by atoms with Crippen LogP contribution in [-0.4, -0.2) is 16.5 Å². The predicted octanol–water partition coefficient (Wildman–Crippen LogP) is 3.24. The lowest BCUT2D eigenvalue weighted by Crippen LogP contribution is -2.50. The van der Waals surface area contributed by atoms with E-state index in [4.69, 9.17) is 23.4 Å². The van der Waals surface area contributed by atoms with Crippen LogP contribution in [0, 0.1) is 0 Å². The first-order chi connectivity index (χ1) is 7.36. The van der Waals surface area contributed by atoms with Crippen molar-refractivity contribution in [3.8, 4) is 0 Å². The van der Waals surface area contributed by atoms with Gasteiger partial charge in [0, 0.05) is 10.6 Å². The molecule has 0 aliphatic carbocycles. The van der Waals surface area contributed by atoms with Gasteiger partial charge >= 0.3 is 0 Å². The molecule has 1 aromatic carbocycles. The van der Waals surface area contributed by atoms with E-state index in [1.165, 1.54) is 5.01 Å². The molecule has 3 nitrogen and oxygen atoms in total. The normalized spacial score (nSPS) is 11.3. The van der Waals surface area contributed by atoms with Crippen molar-refractivity contribution in [2.75, 3.05) is 0 Å². The molecule has 88 valence electrons. The molecule has 5 heteroatoms. The van der Waals surface area contributed by atoms with Gasteiger partial charge in [-0.25, -0.2) is 0 Å². The molecule has 0 spiro atoms. The maximum atomic E-state index is 12.1. The summed E-state index contributed by atoms with van der Waals surface area (Å²) in [7, 11) is 0. The number of hydrogen-bond acceptors (Lipinski definition) is 2. The van der Waals surface area contributed by atoms with Gasteiger partial charge in [0.15, 0.2) is 0 Å². The molecule has 0 saturated heterocycles. The number of nitrogens with zero attached hydrogens (tertiary/aromatic N) is 1. The second kappa shape index (κ2) is 5.04. The van der Waals surface area contributed by atoms with Gasteiger partial charge in [-0.3, -0.25) is 9.80 Å². The van der Waals surface area contributed by atoms with Gasteiger partial charge in [0.2, 0.25) is 0 Å². The average molecular weight is 261 g/mol. The Bertz CT molecular complexity index is 371. The minimum absolute atomic E-state index is 0.195. The highest BCUT2D eigenvalue weighted by atomic mass is 35.5. The van der Waals surface area contributed by atoms with Crippen LogP contribution < -0.4 is 4.94 Å². The third kappa shape index (κ3) is 3.11. The van der Waals surface area contributed by atoms with Gasteiger partial charge in [-0.2, -0.15) is 0 Å². The Balaban J connectivity index is 2.96. The number of carbonyl (C=O) groups is 1. The van der Waals surface area contributed by atoms with Crippen molar-refractivity contribution in [3.05, 3.63) is 34.9 Å². The van der Waals surface area contributed by atoms with Crippen LogP contribution in [0.5, 0.6) is 0 Å². The number of nitrogens with one attached hydrogen (secondary N) is 1. The van der Waals surface area contributed by atoms with Gasteiger partial charge in [0.1, 0.15) is 0 Å². The maximum Gasteiger partial charge on any atom is 0.269 e. The van der Waals surface area contributed by atoms with Crippen molar-refractivity contribution in [2.24, 2.45) is 0 Å². The zero-order valence-electron chi connectivity index (χ0n) is 9.42. The Morgan fingerprint density at radius 3 is 2.12 bits per heavy atom. The fourth-order valence-corrected chi connectivity index (χ4v) is 1.65. The molecule has 0 saturated carbocycles. The first-order valence-corrected chi connectivity index (χ1v) is 5.58. The fourth-order valence-electron chi connectivity index (χ4n) is 1.19. The molecule has 0 unspecified atom stereocenters. The number of hydrazine groups is 1. The van der Waals surface area contributed by atoms with Gasteiger partial charge in [0.05, 0.1) is 5.54 Å². The summed E-state index contributed by atoms with van der Waals surface area (Å²) in [6.07, 6.45) is 0. The molecular formula is C11H14Cl2N2O. The number of halogens is 2. The molecule has 16 heavy (non-hydrogen) atoms. The van der Waals surface area contributed by atoms with E-state index in [0.717, 1.165) is 0 Å². The summed E-state index contributed by atoms with van der Waals surface area (Å²) in [5.41, 5.74) is 0.130. The Morgan fingerprint density at radius 2 is 1.75 bits per heavy atom. The Kier molecular flexibility index (Phi) is 4.19. The van der Waals surface area contributed by atoms with E-state index in [0.29, 0.717) is 10.6 Å². The van der Waals surface area contributed by atoms with Crippen molar-refractivity contribution >= 4 is 29.3 Å². The Hall–Kier alpha value is -0.770. The molecule has 0 heterocycles. The molecule has 1 N–H and O–H groups in total. The number of rotatable bonds is 2. The highest BCUT2D eigenvalue weighted by Gasteiger charge is 2.26. The first-order valence-electron chi connectivity index (χ1n) is 4.82. The van der Waals surface area contributed by atoms with E-state index in [1.807, 2.05) is 20.8 Å². The monoisotopic (exact) mass is 260 g/mol. The van der Waals surface area contributed by atoms with Crippen LogP contribution in [-0.2, 0) is 0 Å². The zero-order valence-corrected chi connectivity index (χ0v) is 10.9. The summed E-state index contributed by atoms with van der Waals surface area (Å²) in [6.45, 7) is 5.66. The molecule has 0 bridgehead atoms. The van der Waals surface area contributed by atoms with E-state index in [1.54, 1.807) is 24.3 Å². The number of benzene rings is 1. The highest BCUT2D eigenvalue weighted by molar-refractivity contribution is 6.30. The third-order valence-corrected chi connectivity index (χ3v) is 2.47. The Morgan fingerprint density at radius 1 is 1.25 bits per heavy atom. The van der Waals surface area contributed by atoms with Crippen LogP contribution in [0.4, 0.5) is 0 Å². The van der Waals surface area contributed by atoms with Crippen LogP contribution in [0.1, 0.15) is 31.1 Å². The molecule has 0 aliphatic rings.